The van der Waals surface area contributed by atoms with E-state index in [-0.39, 0.29) is 24.5 Å². The summed E-state index contributed by atoms with van der Waals surface area (Å²) in [5, 5.41) is 7.41. The molecule has 35 heavy (non-hydrogen) atoms. The number of halogens is 1. The smallest absolute Gasteiger partial charge is 0.244 e. The van der Waals surface area contributed by atoms with E-state index in [1.54, 1.807) is 6.20 Å². The Morgan fingerprint density at radius 2 is 1.89 bits per heavy atom. The highest BCUT2D eigenvalue weighted by molar-refractivity contribution is 7.80. The van der Waals surface area contributed by atoms with E-state index in [1.165, 1.54) is 0 Å². The number of furan rings is 1. The van der Waals surface area contributed by atoms with Gasteiger partial charge in [0.05, 0.1) is 11.7 Å². The number of nitrogens with zero attached hydrogens (tertiary/aromatic N) is 2. The number of nitrogens with one attached hydrogen (secondary N) is 2. The predicted molar refractivity (Wildman–Crippen MR) is 141 cm³/mol. The summed E-state index contributed by atoms with van der Waals surface area (Å²) < 4.78 is 6.36. The number of para-hydroxylation sites is 1. The highest BCUT2D eigenvalue weighted by Crippen LogP contribution is 2.41. The van der Waals surface area contributed by atoms with Crippen LogP contribution in [0.2, 0.25) is 5.02 Å². The normalized spacial score (nSPS) is 17.3. The Hall–Kier alpha value is -3.68. The van der Waals surface area contributed by atoms with Gasteiger partial charge in [0.1, 0.15) is 24.1 Å². The molecule has 5 rings (SSSR count). The molecule has 0 radical (unpaired) electrons. The van der Waals surface area contributed by atoms with Gasteiger partial charge in [-0.3, -0.25) is 9.78 Å². The van der Waals surface area contributed by atoms with Crippen LogP contribution >= 0.6 is 23.8 Å². The quantitative estimate of drug-likeness (QED) is 0.319. The maximum absolute atomic E-state index is 12.9. The third kappa shape index (κ3) is 4.78. The number of rotatable bonds is 6. The van der Waals surface area contributed by atoms with Crippen LogP contribution in [0.5, 0.6) is 0 Å². The van der Waals surface area contributed by atoms with Gasteiger partial charge in [0, 0.05) is 22.5 Å². The fraction of sp³-hybridized carbons (Fsp3) is 0.148. The Morgan fingerprint density at radius 1 is 1.09 bits per heavy atom. The number of benzene rings is 2. The van der Waals surface area contributed by atoms with Crippen molar-refractivity contribution in [2.45, 2.75) is 19.0 Å². The fourth-order valence-corrected chi connectivity index (χ4v) is 4.77. The van der Waals surface area contributed by atoms with Gasteiger partial charge < -0.3 is 20.0 Å². The average Bonchev–Trinajstić information content (AvgIpc) is 3.47. The minimum absolute atomic E-state index is 0.0565. The molecule has 2 aromatic heterocycles. The number of anilines is 1. The van der Waals surface area contributed by atoms with E-state index in [0.717, 1.165) is 22.5 Å². The van der Waals surface area contributed by atoms with E-state index in [0.29, 0.717) is 21.7 Å². The highest BCUT2D eigenvalue weighted by Gasteiger charge is 2.42. The second-order valence-electron chi connectivity index (χ2n) is 8.28. The maximum atomic E-state index is 12.9. The highest BCUT2D eigenvalue weighted by atomic mass is 35.5. The third-order valence-corrected chi connectivity index (χ3v) is 6.78. The number of pyridine rings is 1. The molecule has 0 bridgehead atoms. The lowest BCUT2D eigenvalue weighted by atomic mass is 10.0. The molecule has 1 fully saturated rings. The van der Waals surface area contributed by atoms with Crippen LogP contribution in [0, 0.1) is 6.92 Å². The lowest BCUT2D eigenvalue weighted by molar-refractivity contribution is -0.116. The fourth-order valence-electron chi connectivity index (χ4n) is 4.29. The van der Waals surface area contributed by atoms with Gasteiger partial charge in [-0.15, -0.1) is 0 Å². The molecule has 2 atom stereocenters. The molecule has 2 N–H and O–H groups in total. The molecule has 1 amide bonds. The van der Waals surface area contributed by atoms with Crippen molar-refractivity contribution in [3.63, 3.8) is 0 Å². The van der Waals surface area contributed by atoms with Gasteiger partial charge in [-0.05, 0) is 67.2 Å². The van der Waals surface area contributed by atoms with Gasteiger partial charge >= 0.3 is 0 Å². The Labute approximate surface area is 213 Å². The van der Waals surface area contributed by atoms with Crippen molar-refractivity contribution in [3.8, 4) is 11.3 Å². The zero-order chi connectivity index (χ0) is 24.4. The molecule has 1 aliphatic heterocycles. The number of carbonyl (C=O) groups is 1. The van der Waals surface area contributed by atoms with Crippen molar-refractivity contribution in [1.29, 1.82) is 0 Å². The lowest BCUT2D eigenvalue weighted by Crippen LogP contribution is -2.36. The largest absolute Gasteiger partial charge is 0.459 e. The zero-order valence-electron chi connectivity index (χ0n) is 18.9. The summed E-state index contributed by atoms with van der Waals surface area (Å²) >= 11 is 12.0. The van der Waals surface area contributed by atoms with Crippen molar-refractivity contribution >= 4 is 40.5 Å². The molecule has 8 heteroatoms. The molecule has 0 unspecified atom stereocenters. The summed E-state index contributed by atoms with van der Waals surface area (Å²) in [5.74, 6) is 1.20. The van der Waals surface area contributed by atoms with Gasteiger partial charge in [0.25, 0.3) is 0 Å². The van der Waals surface area contributed by atoms with Gasteiger partial charge in [-0.2, -0.15) is 0 Å². The van der Waals surface area contributed by atoms with Crippen LogP contribution in [0.3, 0.4) is 0 Å². The molecule has 2 aromatic carbocycles. The molecule has 3 heterocycles. The van der Waals surface area contributed by atoms with E-state index in [2.05, 4.69) is 15.6 Å². The first-order valence-electron chi connectivity index (χ1n) is 11.2. The second-order valence-corrected chi connectivity index (χ2v) is 9.08. The SMILES string of the molecule is Cc1c(Cl)cccc1-c1ccc([C@H]2[C@@H](c3ccccn3)NC(=S)N2CC(=O)Nc2ccccc2)o1. The van der Waals surface area contributed by atoms with Crippen LogP contribution in [0.15, 0.2) is 89.5 Å². The van der Waals surface area contributed by atoms with Gasteiger partial charge in [0.15, 0.2) is 5.11 Å². The summed E-state index contributed by atoms with van der Waals surface area (Å²) in [5.41, 5.74) is 3.39. The van der Waals surface area contributed by atoms with Crippen LogP contribution < -0.4 is 10.6 Å². The molecule has 0 aliphatic carbocycles. The van der Waals surface area contributed by atoms with Crippen molar-refractivity contribution in [1.82, 2.24) is 15.2 Å². The minimum atomic E-state index is -0.368. The van der Waals surface area contributed by atoms with E-state index >= 15 is 0 Å². The topological polar surface area (TPSA) is 70.4 Å². The lowest BCUT2D eigenvalue weighted by Gasteiger charge is -2.25. The van der Waals surface area contributed by atoms with Crippen LogP contribution in [-0.4, -0.2) is 27.4 Å². The number of aromatic nitrogens is 1. The molecule has 6 nitrogen and oxygen atoms in total. The van der Waals surface area contributed by atoms with Crippen LogP contribution in [0.25, 0.3) is 11.3 Å². The Bertz CT molecular complexity index is 1360. The minimum Gasteiger partial charge on any atom is -0.459 e. The molecule has 0 spiro atoms. The monoisotopic (exact) mass is 502 g/mol. The Morgan fingerprint density at radius 3 is 2.66 bits per heavy atom. The zero-order valence-corrected chi connectivity index (χ0v) is 20.5. The second kappa shape index (κ2) is 9.90. The van der Waals surface area contributed by atoms with E-state index in [4.69, 9.17) is 28.2 Å². The first-order valence-corrected chi connectivity index (χ1v) is 12.0. The standard InChI is InChI=1S/C27H23ClN4O2S/c1-17-19(10-7-11-20(17)28)22-13-14-23(34-22)26-25(21-12-5-6-15-29-21)31-27(35)32(26)16-24(33)30-18-8-3-2-4-9-18/h2-15,25-26H,16H2,1H3,(H,30,33)(H,31,35)/t25-,26+/m1/s1. The van der Waals surface area contributed by atoms with Crippen molar-refractivity contribution in [2.75, 3.05) is 11.9 Å². The van der Waals surface area contributed by atoms with Crippen LogP contribution in [0.4, 0.5) is 5.69 Å². The van der Waals surface area contributed by atoms with Crippen molar-refractivity contribution in [2.24, 2.45) is 0 Å². The Balaban J connectivity index is 1.48. The third-order valence-electron chi connectivity index (χ3n) is 6.02. The molecule has 1 saturated heterocycles. The summed E-state index contributed by atoms with van der Waals surface area (Å²) in [6.07, 6.45) is 1.74. The number of amides is 1. The van der Waals surface area contributed by atoms with Crippen LogP contribution in [-0.2, 0) is 4.79 Å². The number of thiocarbonyl (C=S) groups is 1. The number of carbonyl (C=O) groups excluding carboxylic acids is 1. The predicted octanol–water partition coefficient (Wildman–Crippen LogP) is 5.91. The van der Waals surface area contributed by atoms with E-state index in [9.17, 15) is 4.79 Å². The Kier molecular flexibility index (Phi) is 6.53. The molecular weight excluding hydrogens is 480 g/mol. The molecule has 176 valence electrons. The van der Waals surface area contributed by atoms with E-state index in [1.807, 2.05) is 90.7 Å². The number of hydrogen-bond donors (Lipinski definition) is 2. The molecule has 0 saturated carbocycles. The first-order chi connectivity index (χ1) is 17.0. The van der Waals surface area contributed by atoms with Gasteiger partial charge in [-0.25, -0.2) is 0 Å². The van der Waals surface area contributed by atoms with Crippen molar-refractivity contribution in [3.05, 3.63) is 107 Å². The van der Waals surface area contributed by atoms with Gasteiger partial charge in [-0.1, -0.05) is 48.0 Å². The summed E-state index contributed by atoms with van der Waals surface area (Å²) in [6.45, 7) is 2.02. The number of hydrogen-bond acceptors (Lipinski definition) is 4. The average molecular weight is 503 g/mol. The first kappa shape index (κ1) is 23.1. The maximum Gasteiger partial charge on any atom is 0.244 e. The summed E-state index contributed by atoms with van der Waals surface area (Å²) in [4.78, 5) is 19.3. The van der Waals surface area contributed by atoms with E-state index < -0.39 is 0 Å². The summed E-state index contributed by atoms with van der Waals surface area (Å²) in [7, 11) is 0. The van der Waals surface area contributed by atoms with Gasteiger partial charge in [0.2, 0.25) is 5.91 Å². The van der Waals surface area contributed by atoms with Crippen molar-refractivity contribution < 1.29 is 9.21 Å². The van der Waals surface area contributed by atoms with Crippen LogP contribution in [0.1, 0.15) is 29.1 Å². The molecule has 4 aromatic rings. The molecular formula is C27H23ClN4O2S. The molecule has 1 aliphatic rings. The summed E-state index contributed by atoms with van der Waals surface area (Å²) in [6, 6.07) is 24.0.